The summed E-state index contributed by atoms with van der Waals surface area (Å²) in [4.78, 5) is 38.6. The van der Waals surface area contributed by atoms with Crippen molar-refractivity contribution in [2.45, 2.75) is 16.2 Å². The molecule has 0 aliphatic carbocycles. The third kappa shape index (κ3) is 2.07. The molecule has 1 aromatic carbocycles. The molecule has 3 atom stereocenters. The molecule has 0 saturated heterocycles. The molecule has 118 valence electrons. The monoisotopic (exact) mass is 351 g/mol. The van der Waals surface area contributed by atoms with E-state index in [0.717, 1.165) is 23.1 Å². The second-order valence-corrected chi connectivity index (χ2v) is 7.40. The van der Waals surface area contributed by atoms with Crippen LogP contribution in [0.4, 0.5) is 0 Å². The Balaban J connectivity index is 2.00. The second-order valence-electron chi connectivity index (χ2n) is 5.23. The van der Waals surface area contributed by atoms with Crippen molar-refractivity contribution < 1.29 is 24.5 Å². The highest BCUT2D eigenvalue weighted by molar-refractivity contribution is 8.00. The van der Waals surface area contributed by atoms with Gasteiger partial charge in [0.25, 0.3) is 0 Å². The number of hydrogen-bond donors (Lipinski definition) is 3. The number of aromatic hydroxyl groups is 1. The molecular formula is C14H9NO6S2. The van der Waals surface area contributed by atoms with Gasteiger partial charge >= 0.3 is 16.8 Å². The molecule has 0 fully saturated rings. The minimum atomic E-state index is -1.15. The van der Waals surface area contributed by atoms with E-state index in [4.69, 9.17) is 4.74 Å². The van der Waals surface area contributed by atoms with Crippen molar-refractivity contribution in [3.8, 4) is 11.5 Å². The number of phenols is 1. The number of ether oxygens (including phenoxy) is 1. The van der Waals surface area contributed by atoms with E-state index in [0.29, 0.717) is 15.5 Å². The van der Waals surface area contributed by atoms with E-state index < -0.39 is 29.0 Å². The summed E-state index contributed by atoms with van der Waals surface area (Å²) in [5.41, 5.74) is 0.512. The summed E-state index contributed by atoms with van der Waals surface area (Å²) in [5.74, 6) is -3.11. The number of carboxylic acid groups (broad SMARTS) is 1. The summed E-state index contributed by atoms with van der Waals surface area (Å²) < 4.78 is 5.25. The summed E-state index contributed by atoms with van der Waals surface area (Å²) in [5, 5.41) is 18.6. The SMILES string of the molecule is O=C1Oc2ccc(O)cc2[C@H]2c3sc(=O)[nH]c3S[C@H](C(=O)O)[C@H]12. The summed E-state index contributed by atoms with van der Waals surface area (Å²) in [6.45, 7) is 0. The molecule has 2 aliphatic rings. The molecule has 0 bridgehead atoms. The average Bonchev–Trinajstić information content (AvgIpc) is 2.86. The first kappa shape index (κ1) is 14.3. The number of aromatic nitrogens is 1. The maximum absolute atomic E-state index is 12.4. The number of esters is 1. The maximum Gasteiger partial charge on any atom is 0.317 e. The van der Waals surface area contributed by atoms with Gasteiger partial charge in [0, 0.05) is 16.4 Å². The predicted molar refractivity (Wildman–Crippen MR) is 81.3 cm³/mol. The summed E-state index contributed by atoms with van der Waals surface area (Å²) in [7, 11) is 0. The van der Waals surface area contributed by atoms with Gasteiger partial charge in [0.1, 0.15) is 16.7 Å². The largest absolute Gasteiger partial charge is 0.508 e. The van der Waals surface area contributed by atoms with Crippen molar-refractivity contribution >= 4 is 35.0 Å². The predicted octanol–water partition coefficient (Wildman–Crippen LogP) is 1.37. The zero-order valence-corrected chi connectivity index (χ0v) is 12.9. The average molecular weight is 351 g/mol. The Hall–Kier alpha value is -2.26. The molecule has 3 N–H and O–H groups in total. The van der Waals surface area contributed by atoms with Crippen molar-refractivity contribution in [1.29, 1.82) is 0 Å². The van der Waals surface area contributed by atoms with Gasteiger partial charge in [0.05, 0.1) is 10.9 Å². The van der Waals surface area contributed by atoms with Gasteiger partial charge in [-0.1, -0.05) is 23.1 Å². The number of phenolic OH excluding ortho intramolecular Hbond substituents is 1. The van der Waals surface area contributed by atoms with E-state index in [1.807, 2.05) is 0 Å². The van der Waals surface area contributed by atoms with Crippen molar-refractivity contribution in [2.24, 2.45) is 5.92 Å². The van der Waals surface area contributed by atoms with Crippen LogP contribution in [0.25, 0.3) is 0 Å². The smallest absolute Gasteiger partial charge is 0.317 e. The zero-order valence-electron chi connectivity index (χ0n) is 11.3. The molecule has 23 heavy (non-hydrogen) atoms. The molecule has 0 amide bonds. The van der Waals surface area contributed by atoms with Crippen LogP contribution in [0.1, 0.15) is 16.4 Å². The van der Waals surface area contributed by atoms with Gasteiger partial charge in [-0.15, -0.1) is 0 Å². The zero-order chi connectivity index (χ0) is 16.3. The standard InChI is InChI=1S/C14H9NO6S2/c16-4-1-2-6-5(3-4)7-8(13(19)21-6)10(12(17)18)22-11-9(7)23-14(20)15-11/h1-3,7-8,10,16H,(H,15,20)(H,17,18)/t7-,8-,10+/m1/s1. The third-order valence-corrected chi connectivity index (χ3v) is 6.31. The first-order valence-corrected chi connectivity index (χ1v) is 8.32. The molecule has 2 aromatic rings. The van der Waals surface area contributed by atoms with Gasteiger partial charge in [-0.2, -0.15) is 0 Å². The molecule has 9 heteroatoms. The normalized spacial score (nSPS) is 25.0. The maximum atomic E-state index is 12.4. The van der Waals surface area contributed by atoms with Crippen LogP contribution in [-0.2, 0) is 9.59 Å². The number of thiazole rings is 1. The highest BCUT2D eigenvalue weighted by Crippen LogP contribution is 2.53. The Kier molecular flexibility index (Phi) is 3.03. The number of hydrogen-bond acceptors (Lipinski definition) is 7. The van der Waals surface area contributed by atoms with E-state index in [2.05, 4.69) is 4.98 Å². The van der Waals surface area contributed by atoms with Crippen molar-refractivity contribution in [2.75, 3.05) is 0 Å². The Labute approximate surface area is 136 Å². The Bertz CT molecular complexity index is 901. The number of thioether (sulfide) groups is 1. The third-order valence-electron chi connectivity index (χ3n) is 3.91. The van der Waals surface area contributed by atoms with Crippen LogP contribution < -0.4 is 9.61 Å². The Morgan fingerprint density at radius 1 is 1.30 bits per heavy atom. The lowest BCUT2D eigenvalue weighted by atomic mass is 9.80. The Morgan fingerprint density at radius 3 is 2.83 bits per heavy atom. The number of H-pyrrole nitrogens is 1. The fraction of sp³-hybridized carbons (Fsp3) is 0.214. The van der Waals surface area contributed by atoms with Gasteiger partial charge in [-0.05, 0) is 18.2 Å². The molecule has 3 heterocycles. The number of aliphatic carboxylic acids is 1. The number of carbonyl (C=O) groups is 2. The quantitative estimate of drug-likeness (QED) is 0.525. The lowest BCUT2D eigenvalue weighted by Crippen LogP contribution is -2.44. The second kappa shape index (κ2) is 4.87. The minimum absolute atomic E-state index is 0.0185. The van der Waals surface area contributed by atoms with Gasteiger partial charge in [0.2, 0.25) is 0 Å². The number of nitrogens with one attached hydrogen (secondary N) is 1. The highest BCUT2D eigenvalue weighted by atomic mass is 32.2. The van der Waals surface area contributed by atoms with Gasteiger partial charge in [-0.3, -0.25) is 14.4 Å². The van der Waals surface area contributed by atoms with E-state index in [1.165, 1.54) is 18.2 Å². The molecule has 4 rings (SSSR count). The number of rotatable bonds is 1. The highest BCUT2D eigenvalue weighted by Gasteiger charge is 2.51. The van der Waals surface area contributed by atoms with E-state index in [9.17, 15) is 24.6 Å². The van der Waals surface area contributed by atoms with Crippen LogP contribution in [0.5, 0.6) is 11.5 Å². The fourth-order valence-electron chi connectivity index (χ4n) is 3.00. The van der Waals surface area contributed by atoms with Crippen LogP contribution in [-0.4, -0.2) is 32.4 Å². The van der Waals surface area contributed by atoms with E-state index >= 15 is 0 Å². The molecule has 0 radical (unpaired) electrons. The number of carboxylic acids is 1. The lowest BCUT2D eigenvalue weighted by molar-refractivity contribution is -0.147. The summed E-state index contributed by atoms with van der Waals surface area (Å²) >= 11 is 1.89. The van der Waals surface area contributed by atoms with Gasteiger partial charge in [0.15, 0.2) is 0 Å². The molecule has 1 aromatic heterocycles. The van der Waals surface area contributed by atoms with E-state index in [-0.39, 0.29) is 16.4 Å². The van der Waals surface area contributed by atoms with Gasteiger partial charge < -0.3 is 19.9 Å². The van der Waals surface area contributed by atoms with Gasteiger partial charge in [-0.25, -0.2) is 0 Å². The van der Waals surface area contributed by atoms with Crippen molar-refractivity contribution in [1.82, 2.24) is 4.98 Å². The minimum Gasteiger partial charge on any atom is -0.508 e. The fourth-order valence-corrected chi connectivity index (χ4v) is 5.40. The molecule has 7 nitrogen and oxygen atoms in total. The van der Waals surface area contributed by atoms with Crippen LogP contribution in [0, 0.1) is 5.92 Å². The number of aromatic amines is 1. The molecule has 0 saturated carbocycles. The van der Waals surface area contributed by atoms with Crippen molar-refractivity contribution in [3.05, 3.63) is 38.3 Å². The first-order chi connectivity index (χ1) is 11.0. The first-order valence-electron chi connectivity index (χ1n) is 6.63. The topological polar surface area (TPSA) is 117 Å². The van der Waals surface area contributed by atoms with Crippen LogP contribution in [0.15, 0.2) is 28.0 Å². The van der Waals surface area contributed by atoms with Crippen LogP contribution in [0.3, 0.4) is 0 Å². The van der Waals surface area contributed by atoms with Crippen LogP contribution >= 0.6 is 23.1 Å². The molecule has 2 aliphatic heterocycles. The molecular weight excluding hydrogens is 342 g/mol. The lowest BCUT2D eigenvalue weighted by Gasteiger charge is -2.37. The number of carbonyl (C=O) groups excluding carboxylic acids is 1. The Morgan fingerprint density at radius 2 is 2.09 bits per heavy atom. The number of fused-ring (bicyclic) bond motifs is 5. The van der Waals surface area contributed by atoms with Crippen molar-refractivity contribution in [3.63, 3.8) is 0 Å². The number of benzene rings is 1. The summed E-state index contributed by atoms with van der Waals surface area (Å²) in [6, 6.07) is 4.30. The van der Waals surface area contributed by atoms with E-state index in [1.54, 1.807) is 0 Å². The molecule has 0 unspecified atom stereocenters. The molecule has 0 spiro atoms. The van der Waals surface area contributed by atoms with Crippen LogP contribution in [0.2, 0.25) is 0 Å². The summed E-state index contributed by atoms with van der Waals surface area (Å²) in [6.07, 6.45) is 0.